The molecule has 2 aromatic carbocycles. The minimum absolute atomic E-state index is 0.395. The van der Waals surface area contributed by atoms with E-state index in [0.717, 1.165) is 18.0 Å². The summed E-state index contributed by atoms with van der Waals surface area (Å²) < 4.78 is 11.2. The summed E-state index contributed by atoms with van der Waals surface area (Å²) in [6.07, 6.45) is 0. The Labute approximate surface area is 112 Å². The van der Waals surface area contributed by atoms with Crippen LogP contribution in [0.15, 0.2) is 42.5 Å². The van der Waals surface area contributed by atoms with Gasteiger partial charge in [-0.3, -0.25) is 0 Å². The third kappa shape index (κ3) is 1.73. The van der Waals surface area contributed by atoms with Crippen molar-refractivity contribution in [3.8, 4) is 11.5 Å². The predicted molar refractivity (Wildman–Crippen MR) is 74.2 cm³/mol. The van der Waals surface area contributed by atoms with E-state index < -0.39 is 0 Å². The fraction of sp³-hybridized carbons (Fsp3) is 0.250. The number of benzene rings is 2. The van der Waals surface area contributed by atoms with Crippen LogP contribution in [0, 0.1) is 0 Å². The van der Waals surface area contributed by atoms with E-state index in [-0.39, 0.29) is 0 Å². The molecule has 2 aromatic rings. The monoisotopic (exact) mass is 253 g/mol. The van der Waals surface area contributed by atoms with Crippen molar-refractivity contribution in [3.63, 3.8) is 0 Å². The van der Waals surface area contributed by atoms with Crippen LogP contribution in [0.3, 0.4) is 0 Å². The number of hydrogen-bond donors (Lipinski definition) is 1. The largest absolute Gasteiger partial charge is 0.486 e. The molecule has 1 unspecified atom stereocenters. The van der Waals surface area contributed by atoms with Crippen LogP contribution in [0.4, 0.5) is 5.69 Å². The van der Waals surface area contributed by atoms with Gasteiger partial charge in [-0.05, 0) is 29.3 Å². The van der Waals surface area contributed by atoms with E-state index in [1.54, 1.807) is 0 Å². The van der Waals surface area contributed by atoms with Crippen LogP contribution in [0.2, 0.25) is 0 Å². The molecular weight excluding hydrogens is 238 g/mol. The lowest BCUT2D eigenvalue weighted by Crippen LogP contribution is -2.15. The number of ether oxygens (including phenoxy) is 2. The SMILES string of the molecule is c1ccc2c(c1)NCC2c1ccc2c(c1)OCCO2. The first-order valence-electron chi connectivity index (χ1n) is 6.64. The molecule has 1 atom stereocenters. The number of anilines is 1. The summed E-state index contributed by atoms with van der Waals surface area (Å²) in [6, 6.07) is 14.8. The summed E-state index contributed by atoms with van der Waals surface area (Å²) in [4.78, 5) is 0. The molecule has 2 aliphatic heterocycles. The van der Waals surface area contributed by atoms with Crippen LogP contribution in [0.1, 0.15) is 17.0 Å². The molecule has 0 radical (unpaired) electrons. The molecule has 3 heteroatoms. The van der Waals surface area contributed by atoms with E-state index in [1.807, 2.05) is 6.07 Å². The number of fused-ring (bicyclic) bond motifs is 2. The molecule has 0 aromatic heterocycles. The summed E-state index contributed by atoms with van der Waals surface area (Å²) in [7, 11) is 0. The van der Waals surface area contributed by atoms with Crippen LogP contribution in [0.25, 0.3) is 0 Å². The van der Waals surface area contributed by atoms with Crippen LogP contribution in [-0.4, -0.2) is 19.8 Å². The average Bonchev–Trinajstić information content (AvgIpc) is 2.91. The fourth-order valence-corrected chi connectivity index (χ4v) is 2.86. The minimum Gasteiger partial charge on any atom is -0.486 e. The van der Waals surface area contributed by atoms with E-state index in [4.69, 9.17) is 9.47 Å². The first-order chi connectivity index (χ1) is 9.42. The lowest BCUT2D eigenvalue weighted by molar-refractivity contribution is 0.171. The summed E-state index contributed by atoms with van der Waals surface area (Å²) in [5.74, 6) is 2.12. The van der Waals surface area contributed by atoms with Gasteiger partial charge in [0.25, 0.3) is 0 Å². The second-order valence-corrected chi connectivity index (χ2v) is 4.92. The fourth-order valence-electron chi connectivity index (χ4n) is 2.86. The molecule has 1 N–H and O–H groups in total. The topological polar surface area (TPSA) is 30.5 Å². The van der Waals surface area contributed by atoms with Crippen molar-refractivity contribution in [2.24, 2.45) is 0 Å². The van der Waals surface area contributed by atoms with Gasteiger partial charge in [-0.1, -0.05) is 24.3 Å². The second-order valence-electron chi connectivity index (χ2n) is 4.92. The van der Waals surface area contributed by atoms with E-state index >= 15 is 0 Å². The summed E-state index contributed by atoms with van der Waals surface area (Å²) in [5, 5.41) is 3.46. The Hall–Kier alpha value is -2.16. The Morgan fingerprint density at radius 1 is 0.947 bits per heavy atom. The molecule has 0 amide bonds. The molecule has 4 rings (SSSR count). The van der Waals surface area contributed by atoms with E-state index in [9.17, 15) is 0 Å². The standard InChI is InChI=1S/C16H15NO2/c1-2-4-14-12(3-1)13(10-17-14)11-5-6-15-16(9-11)19-8-7-18-15/h1-6,9,13,17H,7-8,10H2. The summed E-state index contributed by atoms with van der Waals surface area (Å²) in [6.45, 7) is 2.22. The van der Waals surface area contributed by atoms with Crippen molar-refractivity contribution in [3.05, 3.63) is 53.6 Å². The lowest BCUT2D eigenvalue weighted by atomic mass is 9.93. The first-order valence-corrected chi connectivity index (χ1v) is 6.64. The molecule has 0 aliphatic carbocycles. The maximum absolute atomic E-state index is 5.67. The summed E-state index contributed by atoms with van der Waals surface area (Å²) in [5.41, 5.74) is 3.88. The number of rotatable bonds is 1. The van der Waals surface area contributed by atoms with Crippen molar-refractivity contribution >= 4 is 5.69 Å². The van der Waals surface area contributed by atoms with Gasteiger partial charge in [0.2, 0.25) is 0 Å². The molecule has 0 bridgehead atoms. The Kier molecular flexibility index (Phi) is 2.37. The van der Waals surface area contributed by atoms with Crippen LogP contribution in [0.5, 0.6) is 11.5 Å². The number of para-hydroxylation sites is 1. The number of nitrogens with one attached hydrogen (secondary N) is 1. The van der Waals surface area contributed by atoms with Gasteiger partial charge >= 0.3 is 0 Å². The highest BCUT2D eigenvalue weighted by molar-refractivity contribution is 5.61. The molecule has 96 valence electrons. The van der Waals surface area contributed by atoms with Crippen molar-refractivity contribution in [1.82, 2.24) is 0 Å². The highest BCUT2D eigenvalue weighted by Gasteiger charge is 2.24. The molecule has 2 aliphatic rings. The summed E-state index contributed by atoms with van der Waals surface area (Å²) >= 11 is 0. The molecule has 0 fully saturated rings. The van der Waals surface area contributed by atoms with Crippen LogP contribution < -0.4 is 14.8 Å². The Morgan fingerprint density at radius 3 is 2.74 bits per heavy atom. The quantitative estimate of drug-likeness (QED) is 0.847. The first kappa shape index (κ1) is 10.7. The van der Waals surface area contributed by atoms with Gasteiger partial charge in [0.1, 0.15) is 13.2 Å². The van der Waals surface area contributed by atoms with Gasteiger partial charge in [-0.25, -0.2) is 0 Å². The van der Waals surface area contributed by atoms with Gasteiger partial charge in [0.05, 0.1) is 0 Å². The third-order valence-corrected chi connectivity index (χ3v) is 3.80. The average molecular weight is 253 g/mol. The molecule has 19 heavy (non-hydrogen) atoms. The zero-order chi connectivity index (χ0) is 12.7. The Morgan fingerprint density at radius 2 is 1.79 bits per heavy atom. The van der Waals surface area contributed by atoms with Crippen molar-refractivity contribution < 1.29 is 9.47 Å². The van der Waals surface area contributed by atoms with Gasteiger partial charge in [-0.2, -0.15) is 0 Å². The molecule has 2 heterocycles. The lowest BCUT2D eigenvalue weighted by Gasteiger charge is -2.20. The normalized spacial score (nSPS) is 19.7. The van der Waals surface area contributed by atoms with E-state index in [2.05, 4.69) is 41.7 Å². The third-order valence-electron chi connectivity index (χ3n) is 3.80. The van der Waals surface area contributed by atoms with Gasteiger partial charge in [0.15, 0.2) is 11.5 Å². The zero-order valence-corrected chi connectivity index (χ0v) is 10.6. The van der Waals surface area contributed by atoms with Crippen molar-refractivity contribution in [2.75, 3.05) is 25.1 Å². The predicted octanol–water partition coefficient (Wildman–Crippen LogP) is 3.02. The van der Waals surface area contributed by atoms with Crippen LogP contribution >= 0.6 is 0 Å². The van der Waals surface area contributed by atoms with Crippen molar-refractivity contribution in [1.29, 1.82) is 0 Å². The zero-order valence-electron chi connectivity index (χ0n) is 10.6. The Balaban J connectivity index is 1.74. The Bertz CT molecular complexity index is 624. The van der Waals surface area contributed by atoms with Gasteiger partial charge in [-0.15, -0.1) is 0 Å². The van der Waals surface area contributed by atoms with Crippen LogP contribution in [-0.2, 0) is 0 Å². The van der Waals surface area contributed by atoms with Gasteiger partial charge in [0, 0.05) is 18.2 Å². The molecule has 3 nitrogen and oxygen atoms in total. The highest BCUT2D eigenvalue weighted by Crippen LogP contribution is 2.39. The number of hydrogen-bond acceptors (Lipinski definition) is 3. The molecule has 0 spiro atoms. The van der Waals surface area contributed by atoms with Crippen molar-refractivity contribution in [2.45, 2.75) is 5.92 Å². The maximum atomic E-state index is 5.67. The van der Waals surface area contributed by atoms with E-state index in [0.29, 0.717) is 19.1 Å². The highest BCUT2D eigenvalue weighted by atomic mass is 16.6. The molecular formula is C16H15NO2. The minimum atomic E-state index is 0.395. The molecule has 0 saturated heterocycles. The maximum Gasteiger partial charge on any atom is 0.161 e. The second kappa shape index (κ2) is 4.19. The van der Waals surface area contributed by atoms with Gasteiger partial charge < -0.3 is 14.8 Å². The smallest absolute Gasteiger partial charge is 0.161 e. The van der Waals surface area contributed by atoms with E-state index in [1.165, 1.54) is 16.8 Å². The molecule has 0 saturated carbocycles.